The van der Waals surface area contributed by atoms with Crippen LogP contribution >= 0.6 is 0 Å². The fourth-order valence-electron chi connectivity index (χ4n) is 4.04. The molecule has 0 saturated heterocycles. The van der Waals surface area contributed by atoms with Crippen LogP contribution in [0.5, 0.6) is 5.75 Å². The Morgan fingerprint density at radius 2 is 1.18 bits per heavy atom. The molecule has 0 unspecified atom stereocenters. The summed E-state index contributed by atoms with van der Waals surface area (Å²) in [6.45, 7) is 2.87. The first-order valence-electron chi connectivity index (χ1n) is 12.9. The van der Waals surface area contributed by atoms with E-state index in [2.05, 4.69) is 6.92 Å². The summed E-state index contributed by atoms with van der Waals surface area (Å²) < 4.78 is 31.2. The van der Waals surface area contributed by atoms with Crippen molar-refractivity contribution in [1.82, 2.24) is 0 Å². The summed E-state index contributed by atoms with van der Waals surface area (Å²) in [5.41, 5.74) is 6.43. The molecule has 0 heterocycles. The van der Waals surface area contributed by atoms with Crippen LogP contribution in [-0.2, 0) is 9.84 Å². The number of anilines is 1. The maximum atomic E-state index is 12.7. The molecular formula is C28H43NO3S. The van der Waals surface area contributed by atoms with Crippen molar-refractivity contribution in [3.8, 4) is 5.75 Å². The van der Waals surface area contributed by atoms with E-state index >= 15 is 0 Å². The molecule has 0 aromatic heterocycles. The molecule has 0 radical (unpaired) electrons. The quantitative estimate of drug-likeness (QED) is 0.176. The maximum Gasteiger partial charge on any atom is 0.206 e. The van der Waals surface area contributed by atoms with Crippen molar-refractivity contribution in [3.05, 3.63) is 48.5 Å². The molecule has 0 fully saturated rings. The van der Waals surface area contributed by atoms with E-state index in [1.165, 1.54) is 83.1 Å². The van der Waals surface area contributed by atoms with Gasteiger partial charge in [-0.25, -0.2) is 8.42 Å². The lowest BCUT2D eigenvalue weighted by Crippen LogP contribution is -2.05. The second-order valence-electron chi connectivity index (χ2n) is 8.96. The van der Waals surface area contributed by atoms with Gasteiger partial charge in [0.25, 0.3) is 0 Å². The van der Waals surface area contributed by atoms with Crippen molar-refractivity contribution in [1.29, 1.82) is 0 Å². The minimum absolute atomic E-state index is 0.190. The lowest BCUT2D eigenvalue weighted by atomic mass is 10.0. The number of benzene rings is 2. The van der Waals surface area contributed by atoms with Crippen LogP contribution < -0.4 is 10.5 Å². The highest BCUT2D eigenvalue weighted by Crippen LogP contribution is 2.28. The highest BCUT2D eigenvalue weighted by atomic mass is 32.2. The molecule has 2 aromatic rings. The number of unbranched alkanes of at least 4 members (excludes halogenated alkanes) is 13. The van der Waals surface area contributed by atoms with Crippen LogP contribution in [0.3, 0.4) is 0 Å². The molecule has 0 aliphatic rings. The number of nitrogen functional groups attached to an aromatic ring is 1. The predicted molar refractivity (Wildman–Crippen MR) is 139 cm³/mol. The smallest absolute Gasteiger partial charge is 0.206 e. The van der Waals surface area contributed by atoms with Crippen molar-refractivity contribution in [2.24, 2.45) is 0 Å². The average molecular weight is 474 g/mol. The van der Waals surface area contributed by atoms with E-state index in [0.717, 1.165) is 12.8 Å². The SMILES string of the molecule is CCCCCCCCCCCCCCCCOc1ccc(S(=O)(=O)c2ccccc2)cc1N. The summed E-state index contributed by atoms with van der Waals surface area (Å²) in [5.74, 6) is 0.553. The average Bonchev–Trinajstić information content (AvgIpc) is 2.83. The summed E-state index contributed by atoms with van der Waals surface area (Å²) in [6.07, 6.45) is 18.5. The highest BCUT2D eigenvalue weighted by molar-refractivity contribution is 7.91. The van der Waals surface area contributed by atoms with Crippen molar-refractivity contribution in [2.75, 3.05) is 12.3 Å². The normalized spacial score (nSPS) is 11.5. The molecule has 0 aliphatic carbocycles. The fraction of sp³-hybridized carbons (Fsp3) is 0.571. The lowest BCUT2D eigenvalue weighted by molar-refractivity contribution is 0.305. The van der Waals surface area contributed by atoms with Gasteiger partial charge in [-0.3, -0.25) is 0 Å². The molecular weight excluding hydrogens is 430 g/mol. The van der Waals surface area contributed by atoms with Gasteiger partial charge in [0.15, 0.2) is 0 Å². The van der Waals surface area contributed by atoms with Gasteiger partial charge >= 0.3 is 0 Å². The van der Waals surface area contributed by atoms with Crippen LogP contribution in [0.4, 0.5) is 5.69 Å². The van der Waals surface area contributed by atoms with Crippen LogP contribution in [-0.4, -0.2) is 15.0 Å². The molecule has 33 heavy (non-hydrogen) atoms. The first kappa shape index (κ1) is 27.2. The van der Waals surface area contributed by atoms with E-state index in [4.69, 9.17) is 10.5 Å². The summed E-state index contributed by atoms with van der Waals surface area (Å²) >= 11 is 0. The van der Waals surface area contributed by atoms with Gasteiger partial charge in [-0.05, 0) is 36.8 Å². The third-order valence-corrected chi connectivity index (χ3v) is 7.87. The van der Waals surface area contributed by atoms with E-state index < -0.39 is 9.84 Å². The number of rotatable bonds is 18. The topological polar surface area (TPSA) is 69.4 Å². The fourth-order valence-corrected chi connectivity index (χ4v) is 5.36. The maximum absolute atomic E-state index is 12.7. The first-order valence-corrected chi connectivity index (χ1v) is 14.4. The minimum atomic E-state index is -3.56. The number of ether oxygens (including phenoxy) is 1. The molecule has 0 aliphatic heterocycles. The third-order valence-electron chi connectivity index (χ3n) is 6.10. The van der Waals surface area contributed by atoms with Crippen molar-refractivity contribution in [3.63, 3.8) is 0 Å². The first-order chi connectivity index (χ1) is 16.1. The Morgan fingerprint density at radius 3 is 1.70 bits per heavy atom. The molecule has 2 rings (SSSR count). The van der Waals surface area contributed by atoms with E-state index in [1.807, 2.05) is 0 Å². The van der Waals surface area contributed by atoms with Gasteiger partial charge in [0.05, 0.1) is 22.1 Å². The Labute approximate surface area is 201 Å². The van der Waals surface area contributed by atoms with Gasteiger partial charge in [-0.1, -0.05) is 109 Å². The number of nitrogens with two attached hydrogens (primary N) is 1. The zero-order valence-corrected chi connectivity index (χ0v) is 21.3. The molecule has 2 N–H and O–H groups in total. The number of hydrogen-bond acceptors (Lipinski definition) is 4. The van der Waals surface area contributed by atoms with E-state index in [9.17, 15) is 8.42 Å². The summed E-state index contributed by atoms with van der Waals surface area (Å²) in [6, 6.07) is 13.1. The Balaban J connectivity index is 1.55. The van der Waals surface area contributed by atoms with E-state index in [-0.39, 0.29) is 9.79 Å². The van der Waals surface area contributed by atoms with E-state index in [0.29, 0.717) is 18.0 Å². The second-order valence-corrected chi connectivity index (χ2v) is 10.9. The molecule has 184 valence electrons. The largest absolute Gasteiger partial charge is 0.491 e. The van der Waals surface area contributed by atoms with Crippen LogP contribution in [0.25, 0.3) is 0 Å². The summed E-state index contributed by atoms with van der Waals surface area (Å²) in [5, 5.41) is 0. The second kappa shape index (κ2) is 15.8. The molecule has 0 bridgehead atoms. The molecule has 0 atom stereocenters. The zero-order chi connectivity index (χ0) is 23.8. The zero-order valence-electron chi connectivity index (χ0n) is 20.4. The van der Waals surface area contributed by atoms with Crippen LogP contribution in [0, 0.1) is 0 Å². The third kappa shape index (κ3) is 10.2. The molecule has 4 nitrogen and oxygen atoms in total. The number of hydrogen-bond donors (Lipinski definition) is 1. The van der Waals surface area contributed by atoms with Gasteiger partial charge in [-0.2, -0.15) is 0 Å². The molecule has 0 saturated carbocycles. The van der Waals surface area contributed by atoms with Gasteiger partial charge in [0.2, 0.25) is 9.84 Å². The van der Waals surface area contributed by atoms with Crippen molar-refractivity contribution in [2.45, 2.75) is 107 Å². The van der Waals surface area contributed by atoms with Crippen molar-refractivity contribution >= 4 is 15.5 Å². The molecule has 5 heteroatoms. The molecule has 0 spiro atoms. The Bertz CT molecular complexity index is 881. The van der Waals surface area contributed by atoms with E-state index in [1.54, 1.807) is 42.5 Å². The predicted octanol–water partition coefficient (Wildman–Crippen LogP) is 7.96. The Kier molecular flexibility index (Phi) is 13.0. The highest BCUT2D eigenvalue weighted by Gasteiger charge is 2.18. The van der Waals surface area contributed by atoms with Crippen LogP contribution in [0.2, 0.25) is 0 Å². The minimum Gasteiger partial charge on any atom is -0.491 e. The standard InChI is InChI=1S/C28H43NO3S/c1-2-3-4-5-6-7-8-9-10-11-12-13-14-18-23-32-28-22-21-26(24-27(28)29)33(30,31)25-19-16-15-17-20-25/h15-17,19-22,24H,2-14,18,23,29H2,1H3. The Morgan fingerprint density at radius 1 is 0.667 bits per heavy atom. The van der Waals surface area contributed by atoms with Gasteiger partial charge in [0.1, 0.15) is 5.75 Å². The van der Waals surface area contributed by atoms with Crippen molar-refractivity contribution < 1.29 is 13.2 Å². The summed E-state index contributed by atoms with van der Waals surface area (Å²) in [4.78, 5) is 0.454. The molecule has 2 aromatic carbocycles. The number of sulfone groups is 1. The van der Waals surface area contributed by atoms with Crippen LogP contribution in [0.15, 0.2) is 58.3 Å². The summed E-state index contributed by atoms with van der Waals surface area (Å²) in [7, 11) is -3.56. The monoisotopic (exact) mass is 473 g/mol. The molecule has 0 amide bonds. The lowest BCUT2D eigenvalue weighted by Gasteiger charge is -2.11. The van der Waals surface area contributed by atoms with Gasteiger partial charge in [-0.15, -0.1) is 0 Å². The van der Waals surface area contributed by atoms with Gasteiger partial charge in [0, 0.05) is 0 Å². The van der Waals surface area contributed by atoms with Crippen LogP contribution in [0.1, 0.15) is 96.8 Å². The van der Waals surface area contributed by atoms with Gasteiger partial charge < -0.3 is 10.5 Å². The Hall–Kier alpha value is -2.01.